The molecule has 0 aliphatic carbocycles. The van der Waals surface area contributed by atoms with E-state index in [0.29, 0.717) is 32.7 Å². The molecular formula is C18H22N2O5. The maximum absolute atomic E-state index is 12.4. The highest BCUT2D eigenvalue weighted by Gasteiger charge is 2.16. The number of urea groups is 1. The van der Waals surface area contributed by atoms with Crippen LogP contribution < -0.4 is 14.8 Å². The van der Waals surface area contributed by atoms with Gasteiger partial charge in [0.05, 0.1) is 19.4 Å². The summed E-state index contributed by atoms with van der Waals surface area (Å²) in [6.45, 7) is 2.16. The summed E-state index contributed by atoms with van der Waals surface area (Å²) in [5.74, 6) is 2.25. The van der Waals surface area contributed by atoms with Crippen molar-refractivity contribution >= 4 is 6.03 Å². The van der Waals surface area contributed by atoms with Gasteiger partial charge in [-0.1, -0.05) is 6.07 Å². The van der Waals surface area contributed by atoms with Crippen molar-refractivity contribution in [3.05, 3.63) is 47.9 Å². The Morgan fingerprint density at radius 3 is 2.96 bits per heavy atom. The number of nitrogens with zero attached hydrogens (tertiary/aromatic N) is 1. The van der Waals surface area contributed by atoms with Gasteiger partial charge in [-0.15, -0.1) is 0 Å². The number of furan rings is 1. The Kier molecular flexibility index (Phi) is 5.79. The molecule has 0 saturated carbocycles. The van der Waals surface area contributed by atoms with Crippen molar-refractivity contribution in [1.29, 1.82) is 0 Å². The molecule has 3 rings (SSSR count). The van der Waals surface area contributed by atoms with E-state index in [4.69, 9.17) is 18.6 Å². The van der Waals surface area contributed by atoms with Gasteiger partial charge in [-0.25, -0.2) is 4.79 Å². The predicted octanol–water partition coefficient (Wildman–Crippen LogP) is 2.41. The zero-order valence-electron chi connectivity index (χ0n) is 14.2. The lowest BCUT2D eigenvalue weighted by Gasteiger charge is -2.21. The van der Waals surface area contributed by atoms with Crippen molar-refractivity contribution < 1.29 is 23.4 Å². The lowest BCUT2D eigenvalue weighted by molar-refractivity contribution is 0.143. The van der Waals surface area contributed by atoms with Crippen LogP contribution in [0.2, 0.25) is 0 Å². The molecule has 1 N–H and O–H groups in total. The molecule has 0 atom stereocenters. The predicted molar refractivity (Wildman–Crippen MR) is 90.7 cm³/mol. The minimum Gasteiger partial charge on any atom is -0.467 e. The summed E-state index contributed by atoms with van der Waals surface area (Å²) in [7, 11) is 1.61. The number of benzene rings is 1. The van der Waals surface area contributed by atoms with E-state index in [1.807, 2.05) is 24.3 Å². The standard InChI is InChI=1S/C18H22N2O5/c1-22-10-8-20(12-15-3-2-9-23-15)18(21)19-7-6-14-4-5-16-17(11-14)25-13-24-16/h2-5,9,11H,6-8,10,12-13H2,1H3,(H,19,21). The molecule has 2 heterocycles. The molecule has 2 amide bonds. The smallest absolute Gasteiger partial charge is 0.317 e. The Labute approximate surface area is 146 Å². The molecule has 7 nitrogen and oxygen atoms in total. The quantitative estimate of drug-likeness (QED) is 0.795. The Hall–Kier alpha value is -2.67. The van der Waals surface area contributed by atoms with E-state index in [0.717, 1.165) is 22.8 Å². The SMILES string of the molecule is COCCN(Cc1ccco1)C(=O)NCCc1ccc2c(c1)OCO2. The zero-order valence-corrected chi connectivity index (χ0v) is 14.2. The van der Waals surface area contributed by atoms with Crippen LogP contribution in [0.5, 0.6) is 11.5 Å². The van der Waals surface area contributed by atoms with Crippen LogP contribution in [0, 0.1) is 0 Å². The third kappa shape index (κ3) is 4.67. The van der Waals surface area contributed by atoms with E-state index >= 15 is 0 Å². The van der Waals surface area contributed by atoms with Gasteiger partial charge in [-0.3, -0.25) is 0 Å². The van der Waals surface area contributed by atoms with Crippen LogP contribution in [0.1, 0.15) is 11.3 Å². The van der Waals surface area contributed by atoms with E-state index in [1.54, 1.807) is 24.3 Å². The number of carbonyl (C=O) groups excluding carboxylic acids is 1. The second-order valence-corrected chi connectivity index (χ2v) is 5.66. The summed E-state index contributed by atoms with van der Waals surface area (Å²) in [4.78, 5) is 14.1. The van der Waals surface area contributed by atoms with E-state index in [-0.39, 0.29) is 12.8 Å². The summed E-state index contributed by atoms with van der Waals surface area (Å²) in [6.07, 6.45) is 2.31. The minimum absolute atomic E-state index is 0.144. The van der Waals surface area contributed by atoms with Crippen molar-refractivity contribution in [3.8, 4) is 11.5 Å². The van der Waals surface area contributed by atoms with Crippen molar-refractivity contribution in [3.63, 3.8) is 0 Å². The number of ether oxygens (including phenoxy) is 3. The van der Waals surface area contributed by atoms with Gasteiger partial charge in [0.1, 0.15) is 5.76 Å². The van der Waals surface area contributed by atoms with Gasteiger partial charge < -0.3 is 28.8 Å². The highest BCUT2D eigenvalue weighted by Crippen LogP contribution is 2.32. The number of fused-ring (bicyclic) bond motifs is 1. The molecule has 7 heteroatoms. The average molecular weight is 346 g/mol. The van der Waals surface area contributed by atoms with Crippen LogP contribution in [0.4, 0.5) is 4.79 Å². The molecule has 1 aliphatic rings. The Bertz CT molecular complexity index is 687. The zero-order chi connectivity index (χ0) is 17.5. The van der Waals surface area contributed by atoms with Gasteiger partial charge in [0.2, 0.25) is 6.79 Å². The molecule has 1 aromatic carbocycles. The number of nitrogens with one attached hydrogen (secondary N) is 1. The lowest BCUT2D eigenvalue weighted by Crippen LogP contribution is -2.41. The van der Waals surface area contributed by atoms with E-state index in [1.165, 1.54) is 0 Å². The molecule has 1 aliphatic heterocycles. The van der Waals surface area contributed by atoms with Crippen molar-refractivity contribution in [1.82, 2.24) is 10.2 Å². The largest absolute Gasteiger partial charge is 0.467 e. The third-order valence-corrected chi connectivity index (χ3v) is 3.91. The van der Waals surface area contributed by atoms with Crippen LogP contribution in [0.25, 0.3) is 0 Å². The van der Waals surface area contributed by atoms with Crippen molar-refractivity contribution in [2.75, 3.05) is 33.6 Å². The fourth-order valence-corrected chi connectivity index (χ4v) is 2.57. The van der Waals surface area contributed by atoms with E-state index < -0.39 is 0 Å². The highest BCUT2D eigenvalue weighted by atomic mass is 16.7. The summed E-state index contributed by atoms with van der Waals surface area (Å²) >= 11 is 0. The minimum atomic E-state index is -0.144. The molecule has 0 bridgehead atoms. The monoisotopic (exact) mass is 346 g/mol. The van der Waals surface area contributed by atoms with Gasteiger partial charge in [-0.05, 0) is 36.2 Å². The fraction of sp³-hybridized carbons (Fsp3) is 0.389. The Morgan fingerprint density at radius 1 is 1.28 bits per heavy atom. The summed E-state index contributed by atoms with van der Waals surface area (Å²) < 4.78 is 21.1. The van der Waals surface area contributed by atoms with E-state index in [2.05, 4.69) is 5.32 Å². The molecule has 2 aromatic rings. The summed E-state index contributed by atoms with van der Waals surface area (Å²) in [5, 5.41) is 2.94. The first kappa shape index (κ1) is 17.2. The first-order valence-corrected chi connectivity index (χ1v) is 8.19. The topological polar surface area (TPSA) is 73.2 Å². The van der Waals surface area contributed by atoms with Crippen LogP contribution in [-0.2, 0) is 17.7 Å². The van der Waals surface area contributed by atoms with Crippen LogP contribution in [0.3, 0.4) is 0 Å². The van der Waals surface area contributed by atoms with Gasteiger partial charge in [-0.2, -0.15) is 0 Å². The first-order valence-electron chi connectivity index (χ1n) is 8.19. The Balaban J connectivity index is 1.50. The van der Waals surface area contributed by atoms with Gasteiger partial charge in [0.15, 0.2) is 11.5 Å². The van der Waals surface area contributed by atoms with Gasteiger partial charge in [0, 0.05) is 20.2 Å². The van der Waals surface area contributed by atoms with Crippen LogP contribution in [0.15, 0.2) is 41.0 Å². The van der Waals surface area contributed by atoms with Gasteiger partial charge >= 0.3 is 6.03 Å². The molecular weight excluding hydrogens is 324 g/mol. The number of hydrogen-bond acceptors (Lipinski definition) is 5. The maximum atomic E-state index is 12.4. The second kappa shape index (κ2) is 8.43. The molecule has 1 aromatic heterocycles. The molecule has 0 radical (unpaired) electrons. The lowest BCUT2D eigenvalue weighted by atomic mass is 10.1. The van der Waals surface area contributed by atoms with Gasteiger partial charge in [0.25, 0.3) is 0 Å². The van der Waals surface area contributed by atoms with Crippen molar-refractivity contribution in [2.24, 2.45) is 0 Å². The number of hydrogen-bond donors (Lipinski definition) is 1. The number of methoxy groups -OCH3 is 1. The average Bonchev–Trinajstić information content (AvgIpc) is 3.29. The molecule has 0 spiro atoms. The third-order valence-electron chi connectivity index (χ3n) is 3.91. The second-order valence-electron chi connectivity index (χ2n) is 5.66. The summed E-state index contributed by atoms with van der Waals surface area (Å²) in [6, 6.07) is 9.32. The first-order chi connectivity index (χ1) is 12.3. The number of amides is 2. The number of carbonyl (C=O) groups is 1. The van der Waals surface area contributed by atoms with Crippen molar-refractivity contribution in [2.45, 2.75) is 13.0 Å². The molecule has 134 valence electrons. The highest BCUT2D eigenvalue weighted by molar-refractivity contribution is 5.74. The normalized spacial score (nSPS) is 12.2. The molecule has 25 heavy (non-hydrogen) atoms. The molecule has 0 unspecified atom stereocenters. The van der Waals surface area contributed by atoms with E-state index in [9.17, 15) is 4.79 Å². The van der Waals surface area contributed by atoms with Crippen LogP contribution >= 0.6 is 0 Å². The Morgan fingerprint density at radius 2 is 2.16 bits per heavy atom. The maximum Gasteiger partial charge on any atom is 0.317 e. The van der Waals surface area contributed by atoms with Crippen LogP contribution in [-0.4, -0.2) is 44.5 Å². The molecule has 0 fully saturated rings. The number of rotatable bonds is 8. The fourth-order valence-electron chi connectivity index (χ4n) is 2.57. The summed E-state index contributed by atoms with van der Waals surface area (Å²) in [5.41, 5.74) is 1.08. The molecule has 0 saturated heterocycles.